The molecule has 0 spiro atoms. The van der Waals surface area contributed by atoms with E-state index in [2.05, 4.69) is 236 Å². The van der Waals surface area contributed by atoms with Crippen molar-refractivity contribution >= 4 is 190 Å². The van der Waals surface area contributed by atoms with E-state index in [1.807, 2.05) is 0 Å². The molecule has 56 heavy (non-hydrogen) atoms. The highest BCUT2D eigenvalue weighted by Crippen LogP contribution is 2.28. The lowest BCUT2D eigenvalue weighted by atomic mass is 11.8. The Morgan fingerprint density at radius 2 is 0.161 bits per heavy atom. The highest BCUT2D eigenvalue weighted by atomic mass is 29.9. The van der Waals surface area contributed by atoms with Gasteiger partial charge in [-0.2, -0.15) is 0 Å². The van der Waals surface area contributed by atoms with Gasteiger partial charge in [0.2, 0.25) is 0 Å². The van der Waals surface area contributed by atoms with Gasteiger partial charge in [-0.1, -0.05) is 236 Å². The van der Waals surface area contributed by atoms with E-state index in [-0.39, 0.29) is 98.8 Å². The highest BCUT2D eigenvalue weighted by molar-refractivity contribution is 7.83. The third-order valence-electron chi connectivity index (χ3n) is 9.00. The predicted octanol–water partition coefficient (Wildman–Crippen LogP) is 13.4. The zero-order valence-electron chi connectivity index (χ0n) is 46.3. The maximum atomic E-state index is 2.61. The number of rotatable bonds is 12. The van der Waals surface area contributed by atoms with Crippen molar-refractivity contribution in [2.75, 3.05) is 0 Å². The molecule has 0 unspecified atom stereocenters. The lowest BCUT2D eigenvalue weighted by Gasteiger charge is -2.44. The standard InChI is InChI=1S/4C9H27Si4.4Al/c4*1-11(2,3)10(12(4,5)6)13(7,8)9;;;;/h4*1-9H3;;;;. The summed E-state index contributed by atoms with van der Waals surface area (Å²) in [5, 5.41) is 0. The van der Waals surface area contributed by atoms with Crippen LogP contribution in [0, 0.1) is 0 Å². The molecule has 20 heteroatoms. The minimum atomic E-state index is -0.832. The van der Waals surface area contributed by atoms with Crippen LogP contribution in [0.5, 0.6) is 0 Å². The quantitative estimate of drug-likeness (QED) is 0.171. The zero-order valence-corrected chi connectivity index (χ0v) is 66.9. The molecule has 328 valence electrons. The topological polar surface area (TPSA) is 0 Å². The van der Waals surface area contributed by atoms with Gasteiger partial charge in [-0.15, -0.1) is 0 Å². The maximum absolute atomic E-state index is 2.61. The van der Waals surface area contributed by atoms with Crippen LogP contribution in [0.4, 0.5) is 0 Å². The van der Waals surface area contributed by atoms with Crippen LogP contribution < -0.4 is 0 Å². The van der Waals surface area contributed by atoms with Crippen LogP contribution in [0.2, 0.25) is 236 Å². The molecular weight excluding hydrogens is 990 g/mol. The average Bonchev–Trinajstić information content (AvgIpc) is 2.51. The maximum Gasteiger partial charge on any atom is 0.0306 e. The summed E-state index contributed by atoms with van der Waals surface area (Å²) in [7, 11) is -9.88. The fourth-order valence-corrected chi connectivity index (χ4v) is 364. The Hall–Kier alpha value is 5.60. The van der Waals surface area contributed by atoms with E-state index in [1.54, 1.807) is 0 Å². The minimum absolute atomic E-state index is 0. The van der Waals surface area contributed by atoms with Crippen molar-refractivity contribution in [3.8, 4) is 0 Å². The summed E-state index contributed by atoms with van der Waals surface area (Å²) in [5.41, 5.74) is 0. The SMILES string of the molecule is C[Si](C)(C)[Si]([Si](C)(C)C)[Si](C)(C)C.C[Si](C)(C)[Si]([Si](C)(C)C)[Si](C)(C)C.C[Si](C)(C)[Si]([Si](C)(C)C)[Si](C)(C)C.C[Si](C)(C)[Si]([Si](C)(C)C)[Si](C)(C)C.[Al].[Al].[Al].[Al]. The Morgan fingerprint density at radius 1 is 0.125 bits per heavy atom. The van der Waals surface area contributed by atoms with Gasteiger partial charge in [-0.05, 0) is 0 Å². The van der Waals surface area contributed by atoms with Gasteiger partial charge in [0.15, 0.2) is 0 Å². The first kappa shape index (κ1) is 78.7. The molecule has 0 bridgehead atoms. The summed E-state index contributed by atoms with van der Waals surface area (Å²) in [5.74, 6) is 0. The second-order valence-corrected chi connectivity index (χ2v) is 176. The molecule has 0 aromatic heterocycles. The summed E-state index contributed by atoms with van der Waals surface area (Å²) in [6.07, 6.45) is 0. The molecule has 0 N–H and O–H groups in total. The van der Waals surface area contributed by atoms with Gasteiger partial charge in [0.1, 0.15) is 0 Å². The van der Waals surface area contributed by atoms with Crippen molar-refractivity contribution in [2.24, 2.45) is 0 Å². The molecule has 0 saturated carbocycles. The summed E-state index contributed by atoms with van der Waals surface area (Å²) in [6.45, 7) is 93.9. The van der Waals surface area contributed by atoms with Crippen molar-refractivity contribution in [2.45, 2.75) is 236 Å². The molecule has 0 rings (SSSR count). The first-order valence-electron chi connectivity index (χ1n) is 21.0. The van der Waals surface area contributed by atoms with E-state index >= 15 is 0 Å². The van der Waals surface area contributed by atoms with Crippen molar-refractivity contribution in [1.82, 2.24) is 0 Å². The van der Waals surface area contributed by atoms with Gasteiger partial charge in [-0.25, -0.2) is 0 Å². The fourth-order valence-electron chi connectivity index (χ4n) is 13.5. The molecule has 0 atom stereocenters. The highest BCUT2D eigenvalue weighted by Gasteiger charge is 2.49. The molecular formula is C36H108Al4Si16. The monoisotopic (exact) mass is 1100 g/mol. The van der Waals surface area contributed by atoms with E-state index in [9.17, 15) is 0 Å². The van der Waals surface area contributed by atoms with Crippen LogP contribution in [0.25, 0.3) is 0 Å². The van der Waals surface area contributed by atoms with E-state index in [1.165, 1.54) is 0 Å². The Bertz CT molecular complexity index is 726. The van der Waals surface area contributed by atoms with Crippen molar-refractivity contribution in [1.29, 1.82) is 0 Å². The largest absolute Gasteiger partial charge is 0.0721 e. The van der Waals surface area contributed by atoms with Crippen LogP contribution in [0.1, 0.15) is 0 Å². The summed E-state index contributed by atoms with van der Waals surface area (Å²) < 4.78 is 0. The van der Waals surface area contributed by atoms with Crippen LogP contribution in [-0.2, 0) is 0 Å². The Labute approximate surface area is 420 Å². The van der Waals surface area contributed by atoms with Gasteiger partial charge in [0, 0.05) is 190 Å². The summed E-state index contributed by atoms with van der Waals surface area (Å²) >= 11 is 0. The molecule has 0 aromatic rings. The lowest BCUT2D eigenvalue weighted by molar-refractivity contribution is 1.77. The second-order valence-electron chi connectivity index (χ2n) is 28.5. The lowest BCUT2D eigenvalue weighted by Crippen LogP contribution is -2.70. The third-order valence-corrected chi connectivity index (χ3v) is 243. The molecule has 0 aliphatic rings. The molecule has 0 heterocycles. The zero-order chi connectivity index (χ0) is 44.3. The van der Waals surface area contributed by atoms with E-state index in [4.69, 9.17) is 0 Å². The summed E-state index contributed by atoms with van der Waals surface area (Å²) in [4.78, 5) is 0. The normalized spacial score (nSPS) is 14.1. The summed E-state index contributed by atoms with van der Waals surface area (Å²) in [6, 6.07) is 0. The Kier molecular flexibility index (Phi) is 37.7. The van der Waals surface area contributed by atoms with Crippen LogP contribution in [0.3, 0.4) is 0 Å². The van der Waals surface area contributed by atoms with Crippen molar-refractivity contribution in [3.05, 3.63) is 0 Å². The van der Waals surface area contributed by atoms with Gasteiger partial charge < -0.3 is 0 Å². The first-order chi connectivity index (χ1) is 21.5. The van der Waals surface area contributed by atoms with Gasteiger partial charge in [-0.3, -0.25) is 0 Å². The number of hydrogen-bond acceptors (Lipinski definition) is 0. The van der Waals surface area contributed by atoms with Crippen LogP contribution >= 0.6 is 0 Å². The molecule has 0 amide bonds. The predicted molar refractivity (Wildman–Crippen MR) is 326 cm³/mol. The molecule has 0 fully saturated rings. The van der Waals surface area contributed by atoms with Crippen molar-refractivity contribution in [3.63, 3.8) is 0 Å². The first-order valence-corrected chi connectivity index (χ1v) is 81.0. The average molecular weight is 1100 g/mol. The van der Waals surface area contributed by atoms with Crippen molar-refractivity contribution < 1.29 is 0 Å². The molecule has 0 aliphatic carbocycles. The van der Waals surface area contributed by atoms with E-state index in [0.29, 0.717) is 0 Å². The van der Waals surface area contributed by atoms with Crippen LogP contribution in [-0.4, -0.2) is 190 Å². The second kappa shape index (κ2) is 26.8. The smallest absolute Gasteiger partial charge is 0.0306 e. The fraction of sp³-hybridized carbons (Fsp3) is 1.00. The van der Waals surface area contributed by atoms with Gasteiger partial charge in [0.05, 0.1) is 0 Å². The van der Waals surface area contributed by atoms with Crippen LogP contribution in [0.15, 0.2) is 0 Å². The Balaban J connectivity index is -0.0000000893. The molecule has 0 aromatic carbocycles. The van der Waals surface area contributed by atoms with E-state index < -0.39 is 91.1 Å². The molecule has 0 aliphatic heterocycles. The minimum Gasteiger partial charge on any atom is -0.0721 e. The number of hydrogen-bond donors (Lipinski definition) is 0. The molecule has 0 saturated heterocycles. The van der Waals surface area contributed by atoms with E-state index in [0.717, 1.165) is 0 Å². The molecule has 0 nitrogen and oxygen atoms in total. The van der Waals surface area contributed by atoms with Gasteiger partial charge in [0.25, 0.3) is 0 Å². The molecule has 16 radical (unpaired) electrons. The third kappa shape index (κ3) is 34.0. The Morgan fingerprint density at radius 3 is 0.161 bits per heavy atom. The van der Waals surface area contributed by atoms with Gasteiger partial charge >= 0.3 is 0 Å².